The van der Waals surface area contributed by atoms with Gasteiger partial charge in [-0.15, -0.1) is 0 Å². The Labute approximate surface area is 378 Å². The molecule has 342 valence electrons. The molecule has 67 heavy (non-hydrogen) atoms. The number of benzene rings is 5. The minimum absolute atomic E-state index is 0.0231. The fraction of sp³-hybridized carbons (Fsp3) is 0.0652. The molecule has 0 saturated heterocycles. The van der Waals surface area contributed by atoms with E-state index in [1.807, 2.05) is 0 Å². The van der Waals surface area contributed by atoms with Crippen molar-refractivity contribution in [2.75, 3.05) is 16.0 Å². The molecule has 5 aromatic carbocycles. The summed E-state index contributed by atoms with van der Waals surface area (Å²) in [6, 6.07) is 32.2. The van der Waals surface area contributed by atoms with Crippen LogP contribution in [0.4, 0.5) is 38.5 Å². The number of hydrogen-bond acceptors (Lipinski definition) is 13. The average Bonchev–Trinajstić information content (AvgIpc) is 4.04. The zero-order chi connectivity index (χ0) is 49.2. The van der Waals surface area contributed by atoms with Gasteiger partial charge in [0.15, 0.2) is 11.5 Å². The third-order valence-electron chi connectivity index (χ3n) is 8.70. The van der Waals surface area contributed by atoms with Crippen LogP contribution >= 0.6 is 0 Å². The first-order valence-electron chi connectivity index (χ1n) is 19.2. The van der Waals surface area contributed by atoms with Crippen molar-refractivity contribution in [2.24, 2.45) is 0 Å². The molecular weight excluding hydrogens is 880 g/mol. The molecule has 21 heteroatoms. The van der Waals surface area contributed by atoms with Crippen LogP contribution in [-0.2, 0) is 4.79 Å². The van der Waals surface area contributed by atoms with Gasteiger partial charge in [0.1, 0.15) is 5.82 Å². The van der Waals surface area contributed by atoms with Crippen LogP contribution in [0, 0.1) is 50.0 Å². The number of anilines is 3. The lowest BCUT2D eigenvalue weighted by Gasteiger charge is -2.10. The highest BCUT2D eigenvalue weighted by atomic mass is 19.1. The van der Waals surface area contributed by atoms with Gasteiger partial charge < -0.3 is 29.9 Å². The number of non-ortho nitro benzene ring substituents is 1. The van der Waals surface area contributed by atoms with Crippen molar-refractivity contribution in [2.45, 2.75) is 20.8 Å². The van der Waals surface area contributed by atoms with E-state index in [-0.39, 0.29) is 51.3 Å². The van der Waals surface area contributed by atoms with Crippen LogP contribution in [0.15, 0.2) is 155 Å². The Bertz CT molecular complexity index is 2920. The Balaban J connectivity index is 0.000000209. The topological polar surface area (TPSA) is 297 Å². The number of halogens is 1. The number of amides is 3. The maximum atomic E-state index is 13.4. The molecule has 0 bridgehead atoms. The van der Waals surface area contributed by atoms with Crippen molar-refractivity contribution < 1.29 is 57.1 Å². The standard InChI is InChI=1S/C18H12N2O5.C14H11FN2O3.C9H10N2O3.C5H4O3/c21-17(12-5-2-1-3-6-12)14-11-13(20(23)24)8-9-15(14)19-18(22)16-7-4-10-25-16;1-9-8-10(6-7-13(9)17(19)20)16-14(18)11-4-2-3-5-12(11)15;1-6-5-8(10-7(2)12)3-4-9(6)11(13)14;6-5(7)4-2-1-3-8-4/h1-11H,(H,19,22);2-8H,1H3,(H,16,18);3-5H,1-2H3,(H,10,12);1-3H,(H,6,7). The van der Waals surface area contributed by atoms with Crippen LogP contribution in [0.2, 0.25) is 0 Å². The van der Waals surface area contributed by atoms with Gasteiger partial charge in [0.05, 0.1) is 44.1 Å². The normalized spacial score (nSPS) is 9.91. The van der Waals surface area contributed by atoms with Gasteiger partial charge in [-0.25, -0.2) is 9.18 Å². The summed E-state index contributed by atoms with van der Waals surface area (Å²) in [5.41, 5.74) is 2.15. The molecule has 7 rings (SSSR count). The second-order valence-corrected chi connectivity index (χ2v) is 13.5. The van der Waals surface area contributed by atoms with E-state index < -0.39 is 44.2 Å². The quantitative estimate of drug-likeness (QED) is 0.0533. The van der Waals surface area contributed by atoms with Gasteiger partial charge in [0.25, 0.3) is 28.9 Å². The van der Waals surface area contributed by atoms with E-state index >= 15 is 0 Å². The number of aryl methyl sites for hydroxylation is 2. The van der Waals surface area contributed by atoms with Crippen LogP contribution in [0.5, 0.6) is 0 Å². The smallest absolute Gasteiger partial charge is 0.371 e. The lowest BCUT2D eigenvalue weighted by molar-refractivity contribution is -0.385. The zero-order valence-electron chi connectivity index (χ0n) is 35.3. The van der Waals surface area contributed by atoms with Crippen molar-refractivity contribution in [3.63, 3.8) is 0 Å². The molecule has 4 N–H and O–H groups in total. The highest BCUT2D eigenvalue weighted by Crippen LogP contribution is 2.26. The fourth-order valence-corrected chi connectivity index (χ4v) is 5.60. The number of nitrogens with zero attached hydrogens (tertiary/aromatic N) is 3. The van der Waals surface area contributed by atoms with Crippen molar-refractivity contribution in [3.8, 4) is 0 Å². The average molecular weight is 917 g/mol. The minimum Gasteiger partial charge on any atom is -0.475 e. The van der Waals surface area contributed by atoms with Crippen molar-refractivity contribution in [1.29, 1.82) is 0 Å². The second kappa shape index (κ2) is 23.7. The maximum absolute atomic E-state index is 13.4. The number of ketones is 1. The van der Waals surface area contributed by atoms with Crippen LogP contribution in [-0.4, -0.2) is 49.4 Å². The summed E-state index contributed by atoms with van der Waals surface area (Å²) >= 11 is 0. The highest BCUT2D eigenvalue weighted by Gasteiger charge is 2.21. The minimum atomic E-state index is -1.03. The summed E-state index contributed by atoms with van der Waals surface area (Å²) in [6.07, 6.45) is 2.67. The SMILES string of the molecule is CC(=O)Nc1ccc([N+](=O)[O-])c(C)c1.Cc1cc(NC(=O)c2ccccc2F)ccc1[N+](=O)[O-].O=C(Nc1ccc([N+](=O)[O-])cc1C(=O)c1ccccc1)c1ccco1.O=C(O)c1ccco1. The largest absolute Gasteiger partial charge is 0.475 e. The van der Waals surface area contributed by atoms with Crippen molar-refractivity contribution in [1.82, 2.24) is 0 Å². The number of rotatable bonds is 11. The summed E-state index contributed by atoms with van der Waals surface area (Å²) in [4.78, 5) is 88.1. The molecule has 0 radical (unpaired) electrons. The van der Waals surface area contributed by atoms with Gasteiger partial charge in [0.2, 0.25) is 11.7 Å². The summed E-state index contributed by atoms with van der Waals surface area (Å²) in [5.74, 6) is -3.39. The fourth-order valence-electron chi connectivity index (χ4n) is 5.60. The van der Waals surface area contributed by atoms with E-state index in [1.165, 1.54) is 98.3 Å². The molecule has 0 atom stereocenters. The number of carboxylic acid groups (broad SMARTS) is 1. The predicted octanol–water partition coefficient (Wildman–Crippen LogP) is 9.81. The molecule has 0 saturated carbocycles. The van der Waals surface area contributed by atoms with Crippen LogP contribution in [0.3, 0.4) is 0 Å². The Morgan fingerprint density at radius 3 is 1.57 bits per heavy atom. The van der Waals surface area contributed by atoms with E-state index in [0.717, 1.165) is 6.07 Å². The monoisotopic (exact) mass is 916 g/mol. The molecule has 0 aliphatic rings. The maximum Gasteiger partial charge on any atom is 0.371 e. The molecule has 0 aliphatic heterocycles. The van der Waals surface area contributed by atoms with Crippen molar-refractivity contribution >= 4 is 63.6 Å². The summed E-state index contributed by atoms with van der Waals surface area (Å²) in [7, 11) is 0. The van der Waals surface area contributed by atoms with Gasteiger partial charge in [-0.3, -0.25) is 49.5 Å². The molecule has 0 aliphatic carbocycles. The van der Waals surface area contributed by atoms with E-state index in [9.17, 15) is 58.7 Å². The molecule has 0 unspecified atom stereocenters. The molecule has 7 aromatic rings. The third-order valence-corrected chi connectivity index (χ3v) is 8.70. The summed E-state index contributed by atoms with van der Waals surface area (Å²) < 4.78 is 22.9. The van der Waals surface area contributed by atoms with Crippen LogP contribution < -0.4 is 16.0 Å². The number of nitro groups is 3. The number of carbonyl (C=O) groups is 5. The van der Waals surface area contributed by atoms with E-state index in [1.54, 1.807) is 62.4 Å². The van der Waals surface area contributed by atoms with E-state index in [2.05, 4.69) is 20.4 Å². The number of aromatic carboxylic acids is 1. The molecule has 3 amide bonds. The number of carboxylic acids is 1. The lowest BCUT2D eigenvalue weighted by atomic mass is 10.0. The summed E-state index contributed by atoms with van der Waals surface area (Å²) in [6.45, 7) is 4.58. The van der Waals surface area contributed by atoms with Gasteiger partial charge >= 0.3 is 5.97 Å². The first-order chi connectivity index (χ1) is 31.9. The van der Waals surface area contributed by atoms with E-state index in [0.29, 0.717) is 28.1 Å². The van der Waals surface area contributed by atoms with Crippen LogP contribution in [0.1, 0.15) is 65.4 Å². The number of nitrogens with one attached hydrogen (secondary N) is 3. The van der Waals surface area contributed by atoms with Gasteiger partial charge in [-0.1, -0.05) is 42.5 Å². The first-order valence-corrected chi connectivity index (χ1v) is 19.2. The van der Waals surface area contributed by atoms with Crippen LogP contribution in [0.25, 0.3) is 0 Å². The second-order valence-electron chi connectivity index (χ2n) is 13.5. The molecule has 0 spiro atoms. The molecule has 2 aromatic heterocycles. The summed E-state index contributed by atoms with van der Waals surface area (Å²) in [5, 5.41) is 48.0. The third kappa shape index (κ3) is 14.7. The molecular formula is C46H37FN6O14. The van der Waals surface area contributed by atoms with Gasteiger partial charge in [-0.2, -0.15) is 0 Å². The Kier molecular flexibility index (Phi) is 17.7. The van der Waals surface area contributed by atoms with Gasteiger partial charge in [0, 0.05) is 59.3 Å². The molecule has 0 fully saturated rings. The number of furan rings is 2. The number of hydrogen-bond donors (Lipinski definition) is 4. The number of carbonyl (C=O) groups excluding carboxylic acids is 4. The molecule has 20 nitrogen and oxygen atoms in total. The van der Waals surface area contributed by atoms with Gasteiger partial charge in [-0.05, 0) is 80.6 Å². The lowest BCUT2D eigenvalue weighted by Crippen LogP contribution is -2.15. The molecule has 2 heterocycles. The zero-order valence-corrected chi connectivity index (χ0v) is 35.3. The Morgan fingerprint density at radius 2 is 1.10 bits per heavy atom. The first kappa shape index (κ1) is 50.0. The number of nitro benzene ring substituents is 3. The van der Waals surface area contributed by atoms with E-state index in [4.69, 9.17) is 9.52 Å². The Hall–Kier alpha value is -9.66. The predicted molar refractivity (Wildman–Crippen MR) is 240 cm³/mol. The Morgan fingerprint density at radius 1 is 0.567 bits per heavy atom. The highest BCUT2D eigenvalue weighted by molar-refractivity contribution is 6.15. The van der Waals surface area contributed by atoms with Crippen molar-refractivity contribution in [3.05, 3.63) is 221 Å².